The maximum absolute atomic E-state index is 9.70. The van der Waals surface area contributed by atoms with Gasteiger partial charge in [0.1, 0.15) is 5.75 Å². The largest absolute Gasteiger partial charge is 0.507 e. The molecule has 0 radical (unpaired) electrons. The van der Waals surface area contributed by atoms with Crippen molar-refractivity contribution in [2.75, 3.05) is 6.54 Å². The molecule has 0 atom stereocenters. The predicted molar refractivity (Wildman–Crippen MR) is 95.5 cm³/mol. The number of hydrogen-bond donors (Lipinski definition) is 3. The molecule has 0 saturated carbocycles. The Bertz CT molecular complexity index is 429. The van der Waals surface area contributed by atoms with E-state index in [0.717, 1.165) is 30.6 Å². The molecule has 3 heteroatoms. The smallest absolute Gasteiger partial charge is 0.122 e. The van der Waals surface area contributed by atoms with E-state index in [1.165, 1.54) is 51.4 Å². The summed E-state index contributed by atoms with van der Waals surface area (Å²) in [6.07, 6.45) is 14.2. The van der Waals surface area contributed by atoms with E-state index in [1.807, 2.05) is 24.3 Å². The van der Waals surface area contributed by atoms with Gasteiger partial charge in [0.15, 0.2) is 0 Å². The van der Waals surface area contributed by atoms with Crippen LogP contribution in [0.5, 0.6) is 5.75 Å². The first-order valence-corrected chi connectivity index (χ1v) is 8.68. The van der Waals surface area contributed by atoms with Crippen molar-refractivity contribution in [2.24, 2.45) is 11.5 Å². The van der Waals surface area contributed by atoms with Gasteiger partial charge in [-0.1, -0.05) is 63.1 Å². The molecule has 0 amide bonds. The maximum Gasteiger partial charge on any atom is 0.122 e. The van der Waals surface area contributed by atoms with Gasteiger partial charge in [-0.05, 0) is 37.9 Å². The Morgan fingerprint density at radius 3 is 2.00 bits per heavy atom. The predicted octanol–water partition coefficient (Wildman–Crippen LogP) is 4.55. The van der Waals surface area contributed by atoms with Crippen molar-refractivity contribution < 1.29 is 5.11 Å². The summed E-state index contributed by atoms with van der Waals surface area (Å²) in [5.74, 6) is 0.292. The lowest BCUT2D eigenvalue weighted by Gasteiger charge is -2.04. The van der Waals surface area contributed by atoms with Crippen molar-refractivity contribution in [3.05, 3.63) is 35.5 Å². The van der Waals surface area contributed by atoms with E-state index in [2.05, 4.69) is 0 Å². The minimum atomic E-state index is 0.292. The highest BCUT2D eigenvalue weighted by Crippen LogP contribution is 2.19. The number of allylic oxidation sites excluding steroid dienone is 1. The molecular formula is C19H32N2O. The van der Waals surface area contributed by atoms with Crippen molar-refractivity contribution >= 4 is 6.08 Å². The second-order valence-corrected chi connectivity index (χ2v) is 6.00. The highest BCUT2D eigenvalue weighted by atomic mass is 16.3. The van der Waals surface area contributed by atoms with E-state index in [4.69, 9.17) is 11.5 Å². The molecule has 1 rings (SSSR count). The van der Waals surface area contributed by atoms with Crippen molar-refractivity contribution in [1.29, 1.82) is 0 Å². The molecule has 3 nitrogen and oxygen atoms in total. The van der Waals surface area contributed by atoms with Crippen LogP contribution in [0, 0.1) is 0 Å². The second kappa shape index (κ2) is 12.1. The number of aromatic hydroxyl groups is 1. The van der Waals surface area contributed by atoms with Gasteiger partial charge in [-0.3, -0.25) is 0 Å². The summed E-state index contributed by atoms with van der Waals surface area (Å²) < 4.78 is 0. The van der Waals surface area contributed by atoms with Gasteiger partial charge in [0.05, 0.1) is 0 Å². The molecule has 22 heavy (non-hydrogen) atoms. The topological polar surface area (TPSA) is 72.3 Å². The monoisotopic (exact) mass is 304 g/mol. The van der Waals surface area contributed by atoms with Crippen LogP contribution in [0.15, 0.2) is 30.0 Å². The molecule has 5 N–H and O–H groups in total. The molecule has 0 saturated heterocycles. The van der Waals surface area contributed by atoms with Crippen LogP contribution in [0.4, 0.5) is 0 Å². The number of para-hydroxylation sites is 1. The van der Waals surface area contributed by atoms with Gasteiger partial charge >= 0.3 is 0 Å². The minimum absolute atomic E-state index is 0.292. The Labute approximate surface area is 135 Å². The maximum atomic E-state index is 9.70. The molecule has 124 valence electrons. The molecule has 0 aromatic heterocycles. The number of phenolic OH excluding ortho intramolecular Hbond substituents is 1. The lowest BCUT2D eigenvalue weighted by atomic mass is 10.0. The standard InChI is InChI=1S/C19H32N2O/c20-15-11-7-5-3-1-2-4-6-8-13-18(21)16-17-12-9-10-14-19(17)22/h9-10,12,14,16,22H,1-8,11,13,15,20-21H2. The van der Waals surface area contributed by atoms with Gasteiger partial charge in [0.25, 0.3) is 0 Å². The van der Waals surface area contributed by atoms with Crippen LogP contribution >= 0.6 is 0 Å². The number of rotatable bonds is 12. The van der Waals surface area contributed by atoms with Gasteiger partial charge in [-0.2, -0.15) is 0 Å². The van der Waals surface area contributed by atoms with Gasteiger partial charge in [-0.15, -0.1) is 0 Å². The Hall–Kier alpha value is -1.48. The van der Waals surface area contributed by atoms with E-state index >= 15 is 0 Å². The number of hydrogen-bond acceptors (Lipinski definition) is 3. The molecule has 1 aromatic carbocycles. The Kier molecular flexibility index (Phi) is 10.2. The molecule has 0 spiro atoms. The first-order chi connectivity index (χ1) is 10.7. The van der Waals surface area contributed by atoms with Gasteiger partial charge < -0.3 is 16.6 Å². The summed E-state index contributed by atoms with van der Waals surface area (Å²) in [5, 5.41) is 9.70. The third-order valence-electron chi connectivity index (χ3n) is 3.95. The number of phenols is 1. The molecule has 0 unspecified atom stereocenters. The molecule has 0 fully saturated rings. The lowest BCUT2D eigenvalue weighted by molar-refractivity contribution is 0.474. The van der Waals surface area contributed by atoms with Crippen molar-refractivity contribution in [1.82, 2.24) is 0 Å². The molecule has 0 bridgehead atoms. The summed E-state index contributed by atoms with van der Waals surface area (Å²) >= 11 is 0. The van der Waals surface area contributed by atoms with E-state index in [0.29, 0.717) is 5.75 Å². The molecule has 1 aromatic rings. The van der Waals surface area contributed by atoms with Crippen LogP contribution in [0.3, 0.4) is 0 Å². The summed E-state index contributed by atoms with van der Waals surface area (Å²) in [6.45, 7) is 0.829. The zero-order valence-electron chi connectivity index (χ0n) is 13.8. The summed E-state index contributed by atoms with van der Waals surface area (Å²) in [7, 11) is 0. The first-order valence-electron chi connectivity index (χ1n) is 8.68. The van der Waals surface area contributed by atoms with Crippen LogP contribution in [-0.2, 0) is 0 Å². The summed E-state index contributed by atoms with van der Waals surface area (Å²) in [4.78, 5) is 0. The fraction of sp³-hybridized carbons (Fsp3) is 0.579. The number of unbranched alkanes of at least 4 members (excludes halogenated alkanes) is 8. The van der Waals surface area contributed by atoms with E-state index in [-0.39, 0.29) is 0 Å². The SMILES string of the molecule is NCCCCCCCCCCCC(N)=Cc1ccccc1O. The molecular weight excluding hydrogens is 272 g/mol. The normalized spacial score (nSPS) is 11.8. The molecule has 0 aliphatic carbocycles. The average Bonchev–Trinajstić information content (AvgIpc) is 2.51. The number of benzene rings is 1. The van der Waals surface area contributed by atoms with Crippen LogP contribution < -0.4 is 11.5 Å². The Morgan fingerprint density at radius 1 is 0.864 bits per heavy atom. The number of nitrogens with two attached hydrogens (primary N) is 2. The van der Waals surface area contributed by atoms with Crippen molar-refractivity contribution in [3.8, 4) is 5.75 Å². The summed E-state index contributed by atoms with van der Waals surface area (Å²) in [6, 6.07) is 7.30. The molecule has 0 aliphatic heterocycles. The quantitative estimate of drug-likeness (QED) is 0.496. The van der Waals surface area contributed by atoms with Crippen molar-refractivity contribution in [3.63, 3.8) is 0 Å². The van der Waals surface area contributed by atoms with E-state index in [9.17, 15) is 5.11 Å². The zero-order valence-corrected chi connectivity index (χ0v) is 13.8. The average molecular weight is 304 g/mol. The van der Waals surface area contributed by atoms with E-state index < -0.39 is 0 Å². The minimum Gasteiger partial charge on any atom is -0.507 e. The van der Waals surface area contributed by atoms with Gasteiger partial charge in [0.2, 0.25) is 0 Å². The molecule has 0 heterocycles. The second-order valence-electron chi connectivity index (χ2n) is 6.00. The fourth-order valence-electron chi connectivity index (χ4n) is 2.59. The van der Waals surface area contributed by atoms with Crippen LogP contribution in [0.1, 0.15) is 69.8 Å². The highest BCUT2D eigenvalue weighted by Gasteiger charge is 1.98. The summed E-state index contributed by atoms with van der Waals surface area (Å²) in [5.41, 5.74) is 13.2. The third kappa shape index (κ3) is 8.73. The lowest BCUT2D eigenvalue weighted by Crippen LogP contribution is -1.97. The van der Waals surface area contributed by atoms with Crippen LogP contribution in [0.2, 0.25) is 0 Å². The highest BCUT2D eigenvalue weighted by molar-refractivity contribution is 5.58. The third-order valence-corrected chi connectivity index (χ3v) is 3.95. The van der Waals surface area contributed by atoms with Crippen LogP contribution in [-0.4, -0.2) is 11.7 Å². The van der Waals surface area contributed by atoms with Gasteiger partial charge in [0, 0.05) is 11.3 Å². The van der Waals surface area contributed by atoms with Crippen molar-refractivity contribution in [2.45, 2.75) is 64.2 Å². The zero-order chi connectivity index (χ0) is 16.0. The Balaban J connectivity index is 2.04. The fourth-order valence-corrected chi connectivity index (χ4v) is 2.59. The van der Waals surface area contributed by atoms with E-state index in [1.54, 1.807) is 6.07 Å². The first kappa shape index (κ1) is 18.6. The van der Waals surface area contributed by atoms with Gasteiger partial charge in [-0.25, -0.2) is 0 Å². The molecule has 0 aliphatic rings. The van der Waals surface area contributed by atoms with Crippen LogP contribution in [0.25, 0.3) is 6.08 Å². The Morgan fingerprint density at radius 2 is 1.41 bits per heavy atom.